The van der Waals surface area contributed by atoms with E-state index in [9.17, 15) is 5.11 Å². The van der Waals surface area contributed by atoms with E-state index in [1.807, 2.05) is 24.3 Å². The molecule has 0 saturated heterocycles. The Morgan fingerprint density at radius 1 is 1.13 bits per heavy atom. The number of terminal acetylenes is 1. The van der Waals surface area contributed by atoms with Crippen LogP contribution >= 0.6 is 0 Å². The minimum Gasteiger partial charge on any atom is -0.493 e. The average Bonchev–Trinajstić information content (AvgIpc) is 2.55. The molecule has 2 rings (SSSR count). The van der Waals surface area contributed by atoms with Crippen molar-refractivity contribution >= 4 is 0 Å². The third-order valence-corrected chi connectivity index (χ3v) is 4.64. The SMILES string of the molecule is C#CC(C)(O)Cc1ccc(OCC2CCC(COC)CC2)cc1. The Hall–Kier alpha value is -1.50. The van der Waals surface area contributed by atoms with Gasteiger partial charge in [0.15, 0.2) is 0 Å². The summed E-state index contributed by atoms with van der Waals surface area (Å²) in [7, 11) is 1.78. The Morgan fingerprint density at radius 2 is 1.70 bits per heavy atom. The van der Waals surface area contributed by atoms with Crippen LogP contribution < -0.4 is 4.74 Å². The minimum atomic E-state index is -1.09. The van der Waals surface area contributed by atoms with Crippen LogP contribution in [0, 0.1) is 24.2 Å². The van der Waals surface area contributed by atoms with Crippen molar-refractivity contribution in [2.24, 2.45) is 11.8 Å². The molecule has 1 aromatic carbocycles. The minimum absolute atomic E-state index is 0.452. The lowest BCUT2D eigenvalue weighted by atomic mass is 9.83. The quantitative estimate of drug-likeness (QED) is 0.783. The molecule has 0 amide bonds. The number of hydrogen-bond donors (Lipinski definition) is 1. The van der Waals surface area contributed by atoms with Gasteiger partial charge in [0, 0.05) is 20.1 Å². The van der Waals surface area contributed by atoms with Crippen molar-refractivity contribution in [1.29, 1.82) is 0 Å². The zero-order valence-corrected chi connectivity index (χ0v) is 14.3. The van der Waals surface area contributed by atoms with Crippen molar-refractivity contribution in [2.75, 3.05) is 20.3 Å². The van der Waals surface area contributed by atoms with Gasteiger partial charge in [-0.05, 0) is 62.1 Å². The van der Waals surface area contributed by atoms with Crippen molar-refractivity contribution in [3.8, 4) is 18.1 Å². The largest absolute Gasteiger partial charge is 0.493 e. The predicted molar refractivity (Wildman–Crippen MR) is 92.4 cm³/mol. The van der Waals surface area contributed by atoms with Gasteiger partial charge in [-0.25, -0.2) is 0 Å². The Bertz CT molecular complexity index is 505. The van der Waals surface area contributed by atoms with Crippen LogP contribution in [0.15, 0.2) is 24.3 Å². The van der Waals surface area contributed by atoms with E-state index >= 15 is 0 Å². The van der Waals surface area contributed by atoms with Crippen LogP contribution in [0.4, 0.5) is 0 Å². The number of methoxy groups -OCH3 is 1. The van der Waals surface area contributed by atoms with Crippen molar-refractivity contribution in [1.82, 2.24) is 0 Å². The van der Waals surface area contributed by atoms with Crippen LogP contribution in [0.5, 0.6) is 5.75 Å². The second kappa shape index (κ2) is 8.38. The molecule has 126 valence electrons. The summed E-state index contributed by atoms with van der Waals surface area (Å²) in [5, 5.41) is 9.90. The highest BCUT2D eigenvalue weighted by molar-refractivity contribution is 5.29. The van der Waals surface area contributed by atoms with Crippen molar-refractivity contribution in [3.05, 3.63) is 29.8 Å². The molecule has 1 aliphatic rings. The molecule has 1 aliphatic carbocycles. The molecule has 23 heavy (non-hydrogen) atoms. The van der Waals surface area contributed by atoms with Crippen LogP contribution in [-0.2, 0) is 11.2 Å². The summed E-state index contributed by atoms with van der Waals surface area (Å²) in [5.41, 5.74) is -0.0798. The molecule has 1 aromatic rings. The summed E-state index contributed by atoms with van der Waals surface area (Å²) < 4.78 is 11.2. The van der Waals surface area contributed by atoms with Gasteiger partial charge in [0.25, 0.3) is 0 Å². The van der Waals surface area contributed by atoms with Gasteiger partial charge in [-0.3, -0.25) is 0 Å². The number of ether oxygens (including phenoxy) is 2. The number of benzene rings is 1. The molecule has 1 saturated carbocycles. The van der Waals surface area contributed by atoms with E-state index in [-0.39, 0.29) is 0 Å². The smallest absolute Gasteiger partial charge is 0.126 e. The van der Waals surface area contributed by atoms with E-state index in [1.54, 1.807) is 14.0 Å². The van der Waals surface area contributed by atoms with Crippen LogP contribution in [0.2, 0.25) is 0 Å². The second-order valence-electron chi connectivity index (χ2n) is 6.89. The maximum atomic E-state index is 9.90. The molecule has 3 nitrogen and oxygen atoms in total. The molecule has 0 radical (unpaired) electrons. The molecule has 1 atom stereocenters. The van der Waals surface area contributed by atoms with Gasteiger partial charge in [-0.1, -0.05) is 18.1 Å². The summed E-state index contributed by atoms with van der Waals surface area (Å²) in [5.74, 6) is 4.65. The maximum absolute atomic E-state index is 9.90. The zero-order chi connectivity index (χ0) is 16.7. The van der Waals surface area contributed by atoms with Gasteiger partial charge < -0.3 is 14.6 Å². The van der Waals surface area contributed by atoms with Crippen LogP contribution in [0.3, 0.4) is 0 Å². The van der Waals surface area contributed by atoms with E-state index in [1.165, 1.54) is 25.7 Å². The highest BCUT2D eigenvalue weighted by Crippen LogP contribution is 2.29. The molecule has 3 heteroatoms. The average molecular weight is 316 g/mol. The highest BCUT2D eigenvalue weighted by atomic mass is 16.5. The summed E-state index contributed by atoms with van der Waals surface area (Å²) >= 11 is 0. The maximum Gasteiger partial charge on any atom is 0.126 e. The van der Waals surface area contributed by atoms with Gasteiger partial charge in [-0.15, -0.1) is 6.42 Å². The lowest BCUT2D eigenvalue weighted by Crippen LogP contribution is -2.24. The van der Waals surface area contributed by atoms with Gasteiger partial charge in [0.05, 0.1) is 6.61 Å². The lowest BCUT2D eigenvalue weighted by molar-refractivity contribution is 0.106. The molecule has 0 bridgehead atoms. The Morgan fingerprint density at radius 3 is 2.22 bits per heavy atom. The molecule has 1 unspecified atom stereocenters. The van der Waals surface area contributed by atoms with Crippen LogP contribution in [0.1, 0.15) is 38.2 Å². The van der Waals surface area contributed by atoms with Gasteiger partial charge in [-0.2, -0.15) is 0 Å². The second-order valence-corrected chi connectivity index (χ2v) is 6.89. The summed E-state index contributed by atoms with van der Waals surface area (Å²) in [6.07, 6.45) is 10.7. The first-order chi connectivity index (χ1) is 11.0. The molecular formula is C20H28O3. The van der Waals surface area contributed by atoms with E-state index < -0.39 is 5.60 Å². The fraction of sp³-hybridized carbons (Fsp3) is 0.600. The zero-order valence-electron chi connectivity index (χ0n) is 14.3. The molecule has 0 heterocycles. The Labute approximate surface area is 140 Å². The van der Waals surface area contributed by atoms with E-state index in [0.717, 1.165) is 30.4 Å². The third kappa shape index (κ3) is 5.89. The highest BCUT2D eigenvalue weighted by Gasteiger charge is 2.21. The van der Waals surface area contributed by atoms with Crippen LogP contribution in [0.25, 0.3) is 0 Å². The van der Waals surface area contributed by atoms with E-state index in [0.29, 0.717) is 12.3 Å². The van der Waals surface area contributed by atoms with E-state index in [4.69, 9.17) is 15.9 Å². The fourth-order valence-corrected chi connectivity index (χ4v) is 3.17. The van der Waals surface area contributed by atoms with Gasteiger partial charge in [0.2, 0.25) is 0 Å². The Kier molecular flexibility index (Phi) is 6.50. The van der Waals surface area contributed by atoms with Crippen molar-refractivity contribution < 1.29 is 14.6 Å². The first-order valence-electron chi connectivity index (χ1n) is 8.43. The molecule has 0 aliphatic heterocycles. The predicted octanol–water partition coefficient (Wildman–Crippen LogP) is 3.44. The lowest BCUT2D eigenvalue weighted by Gasteiger charge is -2.27. The molecule has 1 fully saturated rings. The topological polar surface area (TPSA) is 38.7 Å². The van der Waals surface area contributed by atoms with E-state index in [2.05, 4.69) is 5.92 Å². The van der Waals surface area contributed by atoms with Gasteiger partial charge >= 0.3 is 0 Å². The van der Waals surface area contributed by atoms with Crippen LogP contribution in [-0.4, -0.2) is 31.0 Å². The molecule has 1 N–H and O–H groups in total. The number of hydrogen-bond acceptors (Lipinski definition) is 3. The normalized spacial score (nSPS) is 23.7. The molecule has 0 aromatic heterocycles. The standard InChI is InChI=1S/C20H28O3/c1-4-20(2,21)13-16-9-11-19(12-10-16)23-15-18-7-5-17(6-8-18)14-22-3/h1,9-12,17-18,21H,5-8,13-15H2,2-3H3. The summed E-state index contributed by atoms with van der Waals surface area (Å²) in [4.78, 5) is 0. The van der Waals surface area contributed by atoms with Crippen molar-refractivity contribution in [3.63, 3.8) is 0 Å². The summed E-state index contributed by atoms with van der Waals surface area (Å²) in [6, 6.07) is 7.85. The number of rotatable bonds is 7. The third-order valence-electron chi connectivity index (χ3n) is 4.64. The van der Waals surface area contributed by atoms with Gasteiger partial charge in [0.1, 0.15) is 11.4 Å². The summed E-state index contributed by atoms with van der Waals surface area (Å²) in [6.45, 7) is 3.31. The first-order valence-corrected chi connectivity index (χ1v) is 8.43. The van der Waals surface area contributed by atoms with Crippen molar-refractivity contribution in [2.45, 2.75) is 44.6 Å². The molecule has 0 spiro atoms. The first kappa shape index (κ1) is 17.8. The monoisotopic (exact) mass is 316 g/mol. The Balaban J connectivity index is 1.76. The fourth-order valence-electron chi connectivity index (χ4n) is 3.17. The number of aliphatic hydroxyl groups is 1. The molecular weight excluding hydrogens is 288 g/mol.